The van der Waals surface area contributed by atoms with Crippen LogP contribution in [0.25, 0.3) is 0 Å². The van der Waals surface area contributed by atoms with Crippen molar-refractivity contribution in [3.63, 3.8) is 0 Å². The molecule has 49 heavy (non-hydrogen) atoms. The Bertz CT molecular complexity index is 688. The lowest BCUT2D eigenvalue weighted by atomic mass is 10.0. The molecule has 0 unspecified atom stereocenters. The van der Waals surface area contributed by atoms with Gasteiger partial charge < -0.3 is 0 Å². The minimum Gasteiger partial charge on any atom is -0.130 e. The van der Waals surface area contributed by atoms with E-state index in [1.165, 1.54) is 243 Å². The van der Waals surface area contributed by atoms with Crippen molar-refractivity contribution in [2.24, 2.45) is 0 Å². The van der Waals surface area contributed by atoms with E-state index in [-0.39, 0.29) is 0 Å². The zero-order chi connectivity index (χ0) is 35.0. The maximum atomic E-state index is 4.42. The minimum absolute atomic E-state index is 1.13. The second-order valence-corrected chi connectivity index (χ2v) is 21.0. The highest BCUT2D eigenvalue weighted by Gasteiger charge is 2.06. The molecule has 0 aliphatic carbocycles. The van der Waals surface area contributed by atoms with Gasteiger partial charge >= 0.3 is 0 Å². The van der Waals surface area contributed by atoms with Crippen LogP contribution < -0.4 is 0 Å². The van der Waals surface area contributed by atoms with Crippen LogP contribution in [0.2, 0.25) is 0 Å². The largest absolute Gasteiger partial charge is 0.185 e. The molecule has 1 heterocycles. The molecule has 7 heteroatoms. The Labute approximate surface area is 327 Å². The fourth-order valence-corrected chi connectivity index (χ4v) is 12.4. The van der Waals surface area contributed by atoms with Crippen LogP contribution in [0.1, 0.15) is 245 Å². The van der Waals surface area contributed by atoms with Gasteiger partial charge in [0.2, 0.25) is 0 Å². The zero-order valence-electron chi connectivity index (χ0n) is 32.8. The third-order valence-corrected chi connectivity index (χ3v) is 16.2. The van der Waals surface area contributed by atoms with E-state index in [1.54, 1.807) is 11.3 Å². The molecule has 1 rings (SSSR count). The number of unbranched alkanes of at least 4 members (excludes halogenated alkanes) is 34. The number of hydrogen-bond acceptors (Lipinski definition) is 7. The van der Waals surface area contributed by atoms with Gasteiger partial charge in [-0.2, -0.15) is 0 Å². The van der Waals surface area contributed by atoms with Gasteiger partial charge in [0.05, 0.1) is 0 Å². The monoisotopic (exact) mass is 775 g/mol. The lowest BCUT2D eigenvalue weighted by Crippen LogP contribution is -1.84. The van der Waals surface area contributed by atoms with Crippen LogP contribution in [0.4, 0.5) is 0 Å². The summed E-state index contributed by atoms with van der Waals surface area (Å²) in [5.74, 6) is 2.47. The summed E-state index contributed by atoms with van der Waals surface area (Å²) in [6, 6.07) is 0. The van der Waals surface area contributed by atoms with Crippen LogP contribution in [0, 0.1) is 0 Å². The molecule has 0 bridgehead atoms. The van der Waals surface area contributed by atoms with Crippen molar-refractivity contribution in [1.82, 2.24) is 10.2 Å². The van der Waals surface area contributed by atoms with Gasteiger partial charge in [0.15, 0.2) is 8.68 Å². The summed E-state index contributed by atoms with van der Waals surface area (Å²) < 4.78 is 2.26. The summed E-state index contributed by atoms with van der Waals surface area (Å²) >= 11 is 1.78. The lowest BCUT2D eigenvalue weighted by Gasteiger charge is -2.04. The Morgan fingerprint density at radius 2 is 0.510 bits per heavy atom. The van der Waals surface area contributed by atoms with E-state index in [0.29, 0.717) is 0 Å². The first-order valence-electron chi connectivity index (χ1n) is 21.8. The third-order valence-electron chi connectivity index (χ3n) is 9.81. The molecule has 0 aliphatic rings. The average Bonchev–Trinajstić information content (AvgIpc) is 3.57. The highest BCUT2D eigenvalue weighted by Crippen LogP contribution is 2.40. The highest BCUT2D eigenvalue weighted by atomic mass is 33.1. The van der Waals surface area contributed by atoms with E-state index >= 15 is 0 Å². The smallest absolute Gasteiger partial charge is 0.130 e. The van der Waals surface area contributed by atoms with Crippen molar-refractivity contribution >= 4 is 54.5 Å². The molecular weight excluding hydrogens is 693 g/mol. The van der Waals surface area contributed by atoms with E-state index in [9.17, 15) is 0 Å². The average molecular weight is 775 g/mol. The maximum absolute atomic E-state index is 4.42. The van der Waals surface area contributed by atoms with Gasteiger partial charge in [-0.3, -0.25) is 0 Å². The van der Waals surface area contributed by atoms with Crippen molar-refractivity contribution in [3.8, 4) is 0 Å². The van der Waals surface area contributed by atoms with E-state index in [2.05, 4.69) is 24.0 Å². The van der Waals surface area contributed by atoms with Crippen molar-refractivity contribution in [1.29, 1.82) is 0 Å². The Hall–Kier alpha value is 0.960. The molecule has 1 aromatic heterocycles. The van der Waals surface area contributed by atoms with E-state index in [0.717, 1.165) is 8.68 Å². The molecule has 1 aromatic rings. The Morgan fingerprint density at radius 3 is 0.735 bits per heavy atom. The summed E-state index contributed by atoms with van der Waals surface area (Å²) in [6.07, 6.45) is 51.9. The number of aromatic nitrogens is 2. The van der Waals surface area contributed by atoms with Gasteiger partial charge in [-0.05, 0) is 34.4 Å². The molecule has 0 atom stereocenters. The first-order valence-corrected chi connectivity index (χ1v) is 27.2. The summed E-state index contributed by atoms with van der Waals surface area (Å²) in [6.45, 7) is 4.61. The summed E-state index contributed by atoms with van der Waals surface area (Å²) in [4.78, 5) is 0. The Balaban J connectivity index is 1.74. The summed E-state index contributed by atoms with van der Waals surface area (Å²) in [7, 11) is 7.61. The molecule has 0 amide bonds. The second kappa shape index (κ2) is 41.7. The topological polar surface area (TPSA) is 25.8 Å². The van der Waals surface area contributed by atoms with Gasteiger partial charge in [0.25, 0.3) is 0 Å². The lowest BCUT2D eigenvalue weighted by molar-refractivity contribution is 0.527. The zero-order valence-corrected chi connectivity index (χ0v) is 36.9. The first-order chi connectivity index (χ1) is 24.4. The molecule has 0 saturated heterocycles. The van der Waals surface area contributed by atoms with Crippen LogP contribution in [0.3, 0.4) is 0 Å². The predicted octanol–water partition coefficient (Wildman–Crippen LogP) is 18.1. The molecule has 0 spiro atoms. The van der Waals surface area contributed by atoms with E-state index in [1.807, 2.05) is 43.2 Å². The molecular formula is C42H82N2S5. The molecule has 0 aliphatic heterocycles. The standard InChI is InChI=1S/C42H82N2S5/c1-3-5-7-9-11-13-15-17-19-21-23-25-27-29-31-33-35-37-39-45-48-41-43-44-42(47-41)49-46-40-38-36-34-32-30-28-26-24-22-20-18-16-14-12-10-8-6-4-2/h3-40H2,1-2H3. The van der Waals surface area contributed by atoms with Gasteiger partial charge in [-0.1, -0.05) is 265 Å². The Morgan fingerprint density at radius 1 is 0.306 bits per heavy atom. The van der Waals surface area contributed by atoms with Crippen LogP contribution in [-0.2, 0) is 0 Å². The quantitative estimate of drug-likeness (QED) is 0.0485. The fraction of sp³-hybridized carbons (Fsp3) is 0.952. The van der Waals surface area contributed by atoms with E-state index in [4.69, 9.17) is 0 Å². The van der Waals surface area contributed by atoms with Crippen molar-refractivity contribution in [3.05, 3.63) is 0 Å². The SMILES string of the molecule is CCCCCCCCCCCCCCCCCCCCSSc1nnc(SSCCCCCCCCCCCCCCCCCCCC)s1. The first kappa shape index (κ1) is 48.0. The van der Waals surface area contributed by atoms with Crippen molar-refractivity contribution in [2.75, 3.05) is 11.5 Å². The Kier molecular flexibility index (Phi) is 40.8. The minimum atomic E-state index is 1.13. The fourth-order valence-electron chi connectivity index (χ4n) is 6.57. The predicted molar refractivity (Wildman–Crippen MR) is 234 cm³/mol. The normalized spacial score (nSPS) is 11.6. The third kappa shape index (κ3) is 37.1. The van der Waals surface area contributed by atoms with E-state index < -0.39 is 0 Å². The van der Waals surface area contributed by atoms with Crippen LogP contribution in [-0.4, -0.2) is 21.7 Å². The molecule has 290 valence electrons. The summed E-state index contributed by atoms with van der Waals surface area (Å²) in [5.41, 5.74) is 0. The molecule has 2 nitrogen and oxygen atoms in total. The highest BCUT2D eigenvalue weighted by molar-refractivity contribution is 8.77. The van der Waals surface area contributed by atoms with Gasteiger partial charge in [-0.15, -0.1) is 10.2 Å². The van der Waals surface area contributed by atoms with Crippen LogP contribution >= 0.6 is 54.5 Å². The second-order valence-electron chi connectivity index (χ2n) is 14.7. The van der Waals surface area contributed by atoms with Crippen molar-refractivity contribution in [2.45, 2.75) is 254 Å². The number of nitrogens with zero attached hydrogens (tertiary/aromatic N) is 2. The van der Waals surface area contributed by atoms with Crippen LogP contribution in [0.15, 0.2) is 8.68 Å². The van der Waals surface area contributed by atoms with Gasteiger partial charge in [0, 0.05) is 11.5 Å². The molecule has 0 N–H and O–H groups in total. The van der Waals surface area contributed by atoms with Gasteiger partial charge in [0.1, 0.15) is 0 Å². The molecule has 0 aromatic carbocycles. The van der Waals surface area contributed by atoms with Crippen molar-refractivity contribution < 1.29 is 0 Å². The molecule has 0 saturated carbocycles. The number of hydrogen-bond donors (Lipinski definition) is 0. The summed E-state index contributed by atoms with van der Waals surface area (Å²) in [5, 5.41) is 8.83. The van der Waals surface area contributed by atoms with Gasteiger partial charge in [-0.25, -0.2) is 0 Å². The number of rotatable bonds is 42. The molecule has 0 radical (unpaired) electrons. The maximum Gasteiger partial charge on any atom is 0.185 e. The van der Waals surface area contributed by atoms with Crippen LogP contribution in [0.5, 0.6) is 0 Å². The molecule has 0 fully saturated rings.